The van der Waals surface area contributed by atoms with Crippen molar-refractivity contribution in [2.45, 2.75) is 58.0 Å². The topological polar surface area (TPSA) is 90.6 Å². The lowest BCUT2D eigenvalue weighted by Crippen LogP contribution is -2.59. The first-order chi connectivity index (χ1) is 14.4. The van der Waals surface area contributed by atoms with Gasteiger partial charge < -0.3 is 20.9 Å². The molecule has 0 aromatic carbocycles. The van der Waals surface area contributed by atoms with Gasteiger partial charge in [-0.1, -0.05) is 6.92 Å². The summed E-state index contributed by atoms with van der Waals surface area (Å²) in [7, 11) is 4.13. The number of rotatable bonds is 8. The predicted molar refractivity (Wildman–Crippen MR) is 120 cm³/mol. The lowest BCUT2D eigenvalue weighted by molar-refractivity contribution is 0.0625. The average molecular weight is 418 g/mol. The number of carbonyl (C=O) groups is 1. The van der Waals surface area contributed by atoms with Gasteiger partial charge in [-0.25, -0.2) is 14.8 Å². The van der Waals surface area contributed by atoms with Crippen LogP contribution in [-0.2, 0) is 12.8 Å². The molecule has 0 spiro atoms. The van der Waals surface area contributed by atoms with Gasteiger partial charge in [-0.2, -0.15) is 0 Å². The fourth-order valence-electron chi connectivity index (χ4n) is 5.00. The Kier molecular flexibility index (Phi) is 7.88. The third-order valence-electron chi connectivity index (χ3n) is 6.45. The number of nitrogens with two attached hydrogens (primary N) is 1. The maximum atomic E-state index is 12.9. The highest BCUT2D eigenvalue weighted by atomic mass is 16.2. The second kappa shape index (κ2) is 10.4. The number of nitrogen functional groups attached to an aromatic ring is 1. The first-order valence-corrected chi connectivity index (χ1v) is 11.5. The lowest BCUT2D eigenvalue weighted by atomic mass is 9.76. The molecular weight excluding hydrogens is 378 g/mol. The summed E-state index contributed by atoms with van der Waals surface area (Å²) in [4.78, 5) is 28.3. The van der Waals surface area contributed by atoms with Crippen LogP contribution in [0.3, 0.4) is 0 Å². The molecule has 8 heteroatoms. The van der Waals surface area contributed by atoms with Crippen molar-refractivity contribution in [3.8, 4) is 0 Å². The van der Waals surface area contributed by atoms with Crippen molar-refractivity contribution in [3.05, 3.63) is 17.5 Å². The van der Waals surface area contributed by atoms with Crippen LogP contribution in [0.4, 0.5) is 10.7 Å². The van der Waals surface area contributed by atoms with E-state index in [4.69, 9.17) is 5.73 Å². The molecule has 1 aliphatic carbocycles. The van der Waals surface area contributed by atoms with E-state index < -0.39 is 0 Å². The smallest absolute Gasteiger partial charge is 0.317 e. The fraction of sp³-hybridized carbons (Fsp3) is 0.773. The number of aromatic nitrogens is 2. The monoisotopic (exact) mass is 417 g/mol. The molecule has 2 aliphatic rings. The largest absolute Gasteiger partial charge is 0.368 e. The Bertz CT molecular complexity index is 711. The maximum absolute atomic E-state index is 12.9. The summed E-state index contributed by atoms with van der Waals surface area (Å²) in [5.74, 6) is 0.843. The van der Waals surface area contributed by atoms with Crippen LogP contribution in [0.5, 0.6) is 0 Å². The molecule has 1 saturated heterocycles. The molecule has 1 fully saturated rings. The van der Waals surface area contributed by atoms with E-state index in [0.29, 0.717) is 17.9 Å². The number of fused-ring (bicyclic) bond motifs is 2. The van der Waals surface area contributed by atoms with E-state index in [1.807, 2.05) is 11.1 Å². The van der Waals surface area contributed by atoms with Crippen molar-refractivity contribution < 1.29 is 4.79 Å². The maximum Gasteiger partial charge on any atom is 0.317 e. The zero-order valence-corrected chi connectivity index (χ0v) is 19.1. The molecule has 168 valence electrons. The van der Waals surface area contributed by atoms with Crippen LogP contribution in [0.25, 0.3) is 0 Å². The Morgan fingerprint density at radius 2 is 2.10 bits per heavy atom. The molecule has 0 radical (unpaired) electrons. The van der Waals surface area contributed by atoms with E-state index >= 15 is 0 Å². The van der Waals surface area contributed by atoms with Gasteiger partial charge in [0.15, 0.2) is 0 Å². The molecule has 3 N–H and O–H groups in total. The molecule has 3 atom stereocenters. The van der Waals surface area contributed by atoms with Gasteiger partial charge in [0.05, 0.1) is 0 Å². The summed E-state index contributed by atoms with van der Waals surface area (Å²) in [6.45, 7) is 8.77. The van der Waals surface area contributed by atoms with Crippen molar-refractivity contribution in [3.63, 3.8) is 0 Å². The normalized spacial score (nSPS) is 23.7. The van der Waals surface area contributed by atoms with Gasteiger partial charge in [0, 0.05) is 43.6 Å². The van der Waals surface area contributed by atoms with Crippen molar-refractivity contribution in [2.24, 2.45) is 5.92 Å². The summed E-state index contributed by atoms with van der Waals surface area (Å²) in [6, 6.07) is 0.744. The Hall–Kier alpha value is -1.93. The van der Waals surface area contributed by atoms with Gasteiger partial charge in [0.25, 0.3) is 0 Å². The highest BCUT2D eigenvalue weighted by Gasteiger charge is 2.40. The van der Waals surface area contributed by atoms with Gasteiger partial charge >= 0.3 is 6.03 Å². The summed E-state index contributed by atoms with van der Waals surface area (Å²) < 4.78 is 0. The summed E-state index contributed by atoms with van der Waals surface area (Å²) >= 11 is 0. The van der Waals surface area contributed by atoms with Crippen LogP contribution < -0.4 is 11.1 Å². The van der Waals surface area contributed by atoms with E-state index in [-0.39, 0.29) is 12.1 Å². The van der Waals surface area contributed by atoms with Crippen LogP contribution in [0.2, 0.25) is 0 Å². The Morgan fingerprint density at radius 3 is 2.80 bits per heavy atom. The third-order valence-corrected chi connectivity index (χ3v) is 6.45. The first kappa shape index (κ1) is 22.7. The molecule has 0 saturated carbocycles. The summed E-state index contributed by atoms with van der Waals surface area (Å²) in [5.41, 5.74) is 8.14. The zero-order chi connectivity index (χ0) is 21.7. The van der Waals surface area contributed by atoms with E-state index in [2.05, 4.69) is 53.0 Å². The minimum absolute atomic E-state index is 0.0685. The molecular formula is C22H39N7O. The number of hydrogen-bond donors (Lipinski definition) is 2. The minimum atomic E-state index is 0.0685. The molecule has 8 nitrogen and oxygen atoms in total. The van der Waals surface area contributed by atoms with E-state index in [0.717, 1.165) is 70.5 Å². The first-order valence-electron chi connectivity index (χ1n) is 11.5. The van der Waals surface area contributed by atoms with Gasteiger partial charge in [-0.3, -0.25) is 4.90 Å². The number of anilines is 1. The van der Waals surface area contributed by atoms with Gasteiger partial charge in [-0.15, -0.1) is 0 Å². The molecule has 3 rings (SSSR count). The second-order valence-corrected chi connectivity index (χ2v) is 9.05. The summed E-state index contributed by atoms with van der Waals surface area (Å²) in [6.07, 6.45) is 6.89. The van der Waals surface area contributed by atoms with E-state index in [9.17, 15) is 4.79 Å². The molecule has 1 aromatic heterocycles. The molecule has 2 heterocycles. The lowest BCUT2D eigenvalue weighted by Gasteiger charge is -2.47. The Balaban J connectivity index is 1.65. The molecule has 2 amide bonds. The minimum Gasteiger partial charge on any atom is -0.368 e. The number of nitrogens with one attached hydrogen (secondary N) is 1. The average Bonchev–Trinajstić information content (AvgIpc) is 2.69. The number of likely N-dealkylation sites (tertiary alicyclic amines) is 1. The van der Waals surface area contributed by atoms with Crippen LogP contribution in [-0.4, -0.2) is 89.6 Å². The van der Waals surface area contributed by atoms with Crippen LogP contribution >= 0.6 is 0 Å². The van der Waals surface area contributed by atoms with Crippen LogP contribution in [0, 0.1) is 5.92 Å². The summed E-state index contributed by atoms with van der Waals surface area (Å²) in [5, 5.41) is 3.34. The van der Waals surface area contributed by atoms with E-state index in [1.165, 1.54) is 5.56 Å². The fourth-order valence-corrected chi connectivity index (χ4v) is 5.00. The van der Waals surface area contributed by atoms with Crippen LogP contribution in [0.1, 0.15) is 44.4 Å². The third kappa shape index (κ3) is 5.60. The number of amides is 2. The van der Waals surface area contributed by atoms with Crippen molar-refractivity contribution >= 4 is 12.0 Å². The molecule has 1 aromatic rings. The highest BCUT2D eigenvalue weighted by Crippen LogP contribution is 2.34. The van der Waals surface area contributed by atoms with Gasteiger partial charge in [0.2, 0.25) is 5.95 Å². The van der Waals surface area contributed by atoms with Gasteiger partial charge in [0.1, 0.15) is 0 Å². The SMILES string of the molecule is CCCN1C[C@@H](NC(=O)N(CC)CCCN(C)C)CC2Cc3nc(N)ncc3C[C@H]21. The Labute approximate surface area is 181 Å². The van der Waals surface area contributed by atoms with Gasteiger partial charge in [-0.05, 0) is 77.7 Å². The number of nitrogens with zero attached hydrogens (tertiary/aromatic N) is 5. The number of piperidine rings is 1. The molecule has 30 heavy (non-hydrogen) atoms. The number of hydrogen-bond acceptors (Lipinski definition) is 6. The highest BCUT2D eigenvalue weighted by molar-refractivity contribution is 5.74. The number of urea groups is 1. The zero-order valence-electron chi connectivity index (χ0n) is 19.1. The Morgan fingerprint density at radius 1 is 1.30 bits per heavy atom. The van der Waals surface area contributed by atoms with E-state index in [1.54, 1.807) is 0 Å². The molecule has 0 bridgehead atoms. The number of carbonyl (C=O) groups excluding carboxylic acids is 1. The molecule has 1 aliphatic heterocycles. The van der Waals surface area contributed by atoms with Crippen molar-refractivity contribution in [1.29, 1.82) is 0 Å². The molecule has 1 unspecified atom stereocenters. The quantitative estimate of drug-likeness (QED) is 0.668. The van der Waals surface area contributed by atoms with Crippen molar-refractivity contribution in [1.82, 2.24) is 30.0 Å². The van der Waals surface area contributed by atoms with Crippen LogP contribution in [0.15, 0.2) is 6.20 Å². The standard InChI is InChI=1S/C22H39N7O/c1-5-8-29-15-18(25-22(30)28(6-2)10-7-9-27(3)4)11-16-12-19-17(13-20(16)29)14-24-21(23)26-19/h14,16,18,20H,5-13,15H2,1-4H3,(H,25,30)(H2,23,24,26)/t16?,18-,20+/m0/s1. The predicted octanol–water partition coefficient (Wildman–Crippen LogP) is 1.61. The second-order valence-electron chi connectivity index (χ2n) is 9.05. The van der Waals surface area contributed by atoms with Crippen molar-refractivity contribution in [2.75, 3.05) is 52.6 Å².